The Hall–Kier alpha value is -6.94. The first-order valence-electron chi connectivity index (χ1n) is 18.6. The second kappa shape index (κ2) is 12.9. The average Bonchev–Trinajstić information content (AvgIpc) is 3.64. The molecule has 0 radical (unpaired) electrons. The summed E-state index contributed by atoms with van der Waals surface area (Å²) in [6.07, 6.45) is 3.70. The van der Waals surface area contributed by atoms with Crippen LogP contribution < -0.4 is 0 Å². The number of hydrogen-bond donors (Lipinski definition) is 0. The largest absolute Gasteiger partial charge is 0.264 e. The molecule has 3 aromatic heterocycles. The van der Waals surface area contributed by atoms with E-state index in [2.05, 4.69) is 181 Å². The van der Waals surface area contributed by atoms with Crippen LogP contribution >= 0.6 is 11.3 Å². The molecule has 0 unspecified atom stereocenters. The maximum absolute atomic E-state index is 5.23. The van der Waals surface area contributed by atoms with E-state index in [4.69, 9.17) is 4.98 Å². The summed E-state index contributed by atoms with van der Waals surface area (Å²) in [5.74, 6) is 0. The molecule has 11 aromatic rings. The number of benzene rings is 8. The van der Waals surface area contributed by atoms with Crippen LogP contribution in [0.2, 0.25) is 0 Å². The number of hydrogen-bond acceptors (Lipinski definition) is 3. The fourth-order valence-corrected chi connectivity index (χ4v) is 9.30. The second-order valence-corrected chi connectivity index (χ2v) is 15.3. The lowest BCUT2D eigenvalue weighted by Crippen LogP contribution is -1.92. The first-order chi connectivity index (χ1) is 27.2. The van der Waals surface area contributed by atoms with Gasteiger partial charge in [0.05, 0.1) is 11.4 Å². The van der Waals surface area contributed by atoms with Crippen molar-refractivity contribution in [1.29, 1.82) is 0 Å². The van der Waals surface area contributed by atoms with Crippen LogP contribution in [-0.4, -0.2) is 9.97 Å². The Morgan fingerprint density at radius 2 is 0.818 bits per heavy atom. The van der Waals surface area contributed by atoms with Crippen LogP contribution in [0.3, 0.4) is 0 Å². The molecule has 0 aliphatic rings. The van der Waals surface area contributed by atoms with E-state index in [-0.39, 0.29) is 0 Å². The molecule has 2 nitrogen and oxygen atoms in total. The molecule has 0 aliphatic heterocycles. The molecule has 0 fully saturated rings. The highest BCUT2D eigenvalue weighted by atomic mass is 32.1. The van der Waals surface area contributed by atoms with Crippen LogP contribution in [0.25, 0.3) is 108 Å². The van der Waals surface area contributed by atoms with E-state index in [1.165, 1.54) is 69.2 Å². The van der Waals surface area contributed by atoms with Crippen LogP contribution in [0.1, 0.15) is 0 Å². The SMILES string of the molecule is c1ccc(-c2cc(-c3ccc(-c4cccnc4)cc3)nc(-c3ccc(-c4ccc5c(c4)c4ccccc4c4cc6sc7ccccc7c6cc54)cc3)c2)cc1. The van der Waals surface area contributed by atoms with Crippen molar-refractivity contribution in [1.82, 2.24) is 9.97 Å². The standard InChI is InChI=1S/C52H32N2S/c1-2-9-33(10-3-1)40-28-49(54-50(29-40)37-22-18-35(19-23-37)39-11-8-26-53-32-39)36-20-16-34(17-21-36)38-24-25-43-45(27-38)41-12-4-5-13-42(41)47-31-52-48(30-46(43)47)44-14-6-7-15-51(44)55-52/h1-32H. The Kier molecular flexibility index (Phi) is 7.39. The normalized spacial score (nSPS) is 11.6. The summed E-state index contributed by atoms with van der Waals surface area (Å²) in [5.41, 5.74) is 11.0. The van der Waals surface area contributed by atoms with Crippen molar-refractivity contribution in [3.8, 4) is 55.9 Å². The topological polar surface area (TPSA) is 25.8 Å². The predicted octanol–water partition coefficient (Wildman–Crippen LogP) is 14.6. The van der Waals surface area contributed by atoms with Crippen LogP contribution in [0.15, 0.2) is 194 Å². The fraction of sp³-hybridized carbons (Fsp3) is 0. The summed E-state index contributed by atoms with van der Waals surface area (Å²) in [7, 11) is 0. The summed E-state index contributed by atoms with van der Waals surface area (Å²) in [5, 5.41) is 10.4. The molecule has 11 rings (SSSR count). The van der Waals surface area contributed by atoms with Crippen molar-refractivity contribution in [2.75, 3.05) is 0 Å². The third-order valence-corrected chi connectivity index (χ3v) is 12.1. The summed E-state index contributed by atoms with van der Waals surface area (Å²) in [4.78, 5) is 9.53. The first kappa shape index (κ1) is 31.6. The van der Waals surface area contributed by atoms with E-state index in [9.17, 15) is 0 Å². The zero-order valence-electron chi connectivity index (χ0n) is 29.8. The molecule has 0 atom stereocenters. The minimum atomic E-state index is 0.944. The van der Waals surface area contributed by atoms with Gasteiger partial charge in [0.1, 0.15) is 0 Å². The summed E-state index contributed by atoms with van der Waals surface area (Å²) in [6, 6.07) is 66.0. The predicted molar refractivity (Wildman–Crippen MR) is 235 cm³/mol. The van der Waals surface area contributed by atoms with Crippen molar-refractivity contribution < 1.29 is 0 Å². The molecule has 55 heavy (non-hydrogen) atoms. The number of nitrogens with zero attached hydrogens (tertiary/aromatic N) is 2. The number of thiophene rings is 1. The van der Waals surface area contributed by atoms with Gasteiger partial charge < -0.3 is 0 Å². The highest BCUT2D eigenvalue weighted by Crippen LogP contribution is 2.43. The third kappa shape index (κ3) is 5.48. The molecule has 3 heterocycles. The molecule has 0 bridgehead atoms. The quantitative estimate of drug-likeness (QED) is 0.166. The van der Waals surface area contributed by atoms with Crippen LogP contribution in [0, 0.1) is 0 Å². The van der Waals surface area contributed by atoms with Gasteiger partial charge in [-0.3, -0.25) is 4.98 Å². The lowest BCUT2D eigenvalue weighted by molar-refractivity contribution is 1.32. The van der Waals surface area contributed by atoms with Gasteiger partial charge >= 0.3 is 0 Å². The van der Waals surface area contributed by atoms with Gasteiger partial charge in [0.2, 0.25) is 0 Å². The van der Waals surface area contributed by atoms with Crippen molar-refractivity contribution in [3.05, 3.63) is 194 Å². The van der Waals surface area contributed by atoms with E-state index in [1.54, 1.807) is 6.20 Å². The summed E-state index contributed by atoms with van der Waals surface area (Å²) >= 11 is 1.88. The first-order valence-corrected chi connectivity index (χ1v) is 19.4. The fourth-order valence-electron chi connectivity index (χ4n) is 8.18. The Labute approximate surface area is 322 Å². The van der Waals surface area contributed by atoms with Gasteiger partial charge in [0, 0.05) is 43.7 Å². The van der Waals surface area contributed by atoms with Gasteiger partial charge in [-0.2, -0.15) is 0 Å². The summed E-state index contributed by atoms with van der Waals surface area (Å²) < 4.78 is 2.67. The molecule has 0 aliphatic carbocycles. The number of fused-ring (bicyclic) bond motifs is 9. The number of aromatic nitrogens is 2. The molecule has 0 spiro atoms. The highest BCUT2D eigenvalue weighted by molar-refractivity contribution is 7.25. The van der Waals surface area contributed by atoms with Gasteiger partial charge in [-0.25, -0.2) is 4.98 Å². The highest BCUT2D eigenvalue weighted by Gasteiger charge is 2.15. The van der Waals surface area contributed by atoms with Gasteiger partial charge in [0.15, 0.2) is 0 Å². The molecule has 0 N–H and O–H groups in total. The van der Waals surface area contributed by atoms with E-state index in [0.29, 0.717) is 0 Å². The molecule has 0 amide bonds. The van der Waals surface area contributed by atoms with Crippen molar-refractivity contribution in [2.24, 2.45) is 0 Å². The Balaban J connectivity index is 1.00. The van der Waals surface area contributed by atoms with E-state index >= 15 is 0 Å². The van der Waals surface area contributed by atoms with E-state index in [0.717, 1.165) is 39.2 Å². The molecule has 8 aromatic carbocycles. The molecule has 0 saturated carbocycles. The third-order valence-electron chi connectivity index (χ3n) is 11.0. The van der Waals surface area contributed by atoms with Crippen molar-refractivity contribution in [3.63, 3.8) is 0 Å². The minimum Gasteiger partial charge on any atom is -0.264 e. The lowest BCUT2D eigenvalue weighted by atomic mass is 9.91. The Morgan fingerprint density at radius 3 is 1.51 bits per heavy atom. The number of pyridine rings is 2. The second-order valence-electron chi connectivity index (χ2n) is 14.2. The van der Waals surface area contributed by atoms with Crippen molar-refractivity contribution >= 4 is 63.8 Å². The van der Waals surface area contributed by atoms with Crippen LogP contribution in [-0.2, 0) is 0 Å². The molecule has 3 heteroatoms. The molecule has 0 saturated heterocycles. The lowest BCUT2D eigenvalue weighted by Gasteiger charge is -2.13. The zero-order valence-corrected chi connectivity index (χ0v) is 30.6. The van der Waals surface area contributed by atoms with Gasteiger partial charge in [-0.1, -0.05) is 140 Å². The minimum absolute atomic E-state index is 0.944. The van der Waals surface area contributed by atoms with E-state index in [1.807, 2.05) is 23.6 Å². The maximum Gasteiger partial charge on any atom is 0.0715 e. The van der Waals surface area contributed by atoms with Gasteiger partial charge in [0.25, 0.3) is 0 Å². The Morgan fingerprint density at radius 1 is 0.291 bits per heavy atom. The average molecular weight is 717 g/mol. The molecular weight excluding hydrogens is 685 g/mol. The van der Waals surface area contributed by atoms with Crippen molar-refractivity contribution in [2.45, 2.75) is 0 Å². The number of rotatable bonds is 5. The van der Waals surface area contributed by atoms with Crippen LogP contribution in [0.5, 0.6) is 0 Å². The van der Waals surface area contributed by atoms with Crippen LogP contribution in [0.4, 0.5) is 0 Å². The smallest absolute Gasteiger partial charge is 0.0715 e. The zero-order chi connectivity index (χ0) is 36.3. The Bertz CT molecular complexity index is 3220. The molecular formula is C52H32N2S. The monoisotopic (exact) mass is 716 g/mol. The maximum atomic E-state index is 5.23. The summed E-state index contributed by atoms with van der Waals surface area (Å²) in [6.45, 7) is 0. The molecule has 256 valence electrons. The van der Waals surface area contributed by atoms with E-state index < -0.39 is 0 Å². The van der Waals surface area contributed by atoms with Gasteiger partial charge in [-0.15, -0.1) is 11.3 Å². The van der Waals surface area contributed by atoms with Gasteiger partial charge in [-0.05, 0) is 108 Å².